The summed E-state index contributed by atoms with van der Waals surface area (Å²) < 4.78 is 6.80. The van der Waals surface area contributed by atoms with Gasteiger partial charge in [0.15, 0.2) is 11.5 Å². The Balaban J connectivity index is 1.37. The van der Waals surface area contributed by atoms with Crippen LogP contribution in [0.4, 0.5) is 0 Å². The Labute approximate surface area is 160 Å². The molecule has 4 rings (SSSR count). The van der Waals surface area contributed by atoms with E-state index in [9.17, 15) is 9.59 Å². The highest BCUT2D eigenvalue weighted by Crippen LogP contribution is 2.20. The van der Waals surface area contributed by atoms with E-state index in [1.165, 1.54) is 22.8 Å². The number of hydrogen-bond acceptors (Lipinski definition) is 7. The van der Waals surface area contributed by atoms with Gasteiger partial charge in [0.2, 0.25) is 5.91 Å². The largest absolute Gasteiger partial charge is 0.378 e. The maximum absolute atomic E-state index is 12.2. The minimum Gasteiger partial charge on any atom is -0.378 e. The molecule has 0 bridgehead atoms. The Morgan fingerprint density at radius 1 is 1.26 bits per heavy atom. The van der Waals surface area contributed by atoms with Crippen molar-refractivity contribution in [2.75, 3.05) is 32.1 Å². The van der Waals surface area contributed by atoms with E-state index in [0.717, 1.165) is 12.8 Å². The van der Waals surface area contributed by atoms with Crippen LogP contribution < -0.4 is 5.32 Å². The second-order valence-corrected chi connectivity index (χ2v) is 7.39. The van der Waals surface area contributed by atoms with E-state index in [1.54, 1.807) is 23.2 Å². The molecule has 2 aliphatic rings. The number of rotatable bonds is 6. The van der Waals surface area contributed by atoms with Crippen molar-refractivity contribution in [3.05, 3.63) is 30.4 Å². The molecule has 2 amide bonds. The zero-order valence-electron chi connectivity index (χ0n) is 14.7. The molecule has 0 radical (unpaired) electrons. The number of morpholine rings is 1. The maximum Gasteiger partial charge on any atom is 0.272 e. The molecule has 10 heteroatoms. The van der Waals surface area contributed by atoms with E-state index in [0.29, 0.717) is 48.6 Å². The van der Waals surface area contributed by atoms with Crippen LogP contribution in [0.15, 0.2) is 29.7 Å². The van der Waals surface area contributed by atoms with Gasteiger partial charge < -0.3 is 15.0 Å². The van der Waals surface area contributed by atoms with Crippen molar-refractivity contribution in [2.24, 2.45) is 0 Å². The molecule has 9 nitrogen and oxygen atoms in total. The molecule has 0 spiro atoms. The summed E-state index contributed by atoms with van der Waals surface area (Å²) in [6.07, 6.45) is 5.18. The van der Waals surface area contributed by atoms with Crippen LogP contribution >= 0.6 is 11.8 Å². The Kier molecular flexibility index (Phi) is 5.35. The minimum atomic E-state index is -0.170. The Hall–Kier alpha value is -2.46. The fourth-order valence-electron chi connectivity index (χ4n) is 2.63. The third-order valence-corrected chi connectivity index (χ3v) is 5.21. The van der Waals surface area contributed by atoms with E-state index in [4.69, 9.17) is 4.74 Å². The number of nitrogens with one attached hydrogen (secondary N) is 1. The standard InChI is InChI=1S/C17H20N6O3S/c24-16(22-5-7-26-8-6-22)10-27-15-9-14(18-11-19-15)23-4-3-13(21-23)17(25)20-12-1-2-12/h3-4,9,11-12H,1-2,5-8,10H2,(H,20,25). The minimum absolute atomic E-state index is 0.0709. The molecule has 2 aromatic heterocycles. The van der Waals surface area contributed by atoms with Crippen molar-refractivity contribution in [1.82, 2.24) is 30.0 Å². The van der Waals surface area contributed by atoms with Gasteiger partial charge in [0.05, 0.1) is 19.0 Å². The van der Waals surface area contributed by atoms with E-state index >= 15 is 0 Å². The number of carbonyl (C=O) groups excluding carboxylic acids is 2. The molecule has 142 valence electrons. The van der Waals surface area contributed by atoms with Crippen LogP contribution in [0, 0.1) is 0 Å². The van der Waals surface area contributed by atoms with Crippen molar-refractivity contribution in [3.63, 3.8) is 0 Å². The first kappa shape index (κ1) is 17.9. The first-order chi connectivity index (χ1) is 13.2. The summed E-state index contributed by atoms with van der Waals surface area (Å²) in [4.78, 5) is 34.5. The normalized spacial score (nSPS) is 17.0. The van der Waals surface area contributed by atoms with E-state index in [-0.39, 0.29) is 17.9 Å². The zero-order valence-corrected chi connectivity index (χ0v) is 15.5. The summed E-state index contributed by atoms with van der Waals surface area (Å²) in [6, 6.07) is 3.70. The fraction of sp³-hybridized carbons (Fsp3) is 0.471. The molecule has 0 unspecified atom stereocenters. The van der Waals surface area contributed by atoms with Gasteiger partial charge in [-0.2, -0.15) is 5.10 Å². The van der Waals surface area contributed by atoms with Gasteiger partial charge in [0, 0.05) is 31.4 Å². The van der Waals surface area contributed by atoms with Crippen molar-refractivity contribution in [3.8, 4) is 5.82 Å². The lowest BCUT2D eigenvalue weighted by atomic mass is 10.4. The lowest BCUT2D eigenvalue weighted by Gasteiger charge is -2.26. The maximum atomic E-state index is 12.2. The van der Waals surface area contributed by atoms with Gasteiger partial charge in [0.25, 0.3) is 5.91 Å². The fourth-order valence-corrected chi connectivity index (χ4v) is 3.40. The molecule has 1 saturated carbocycles. The van der Waals surface area contributed by atoms with Crippen molar-refractivity contribution < 1.29 is 14.3 Å². The Morgan fingerprint density at radius 3 is 2.85 bits per heavy atom. The van der Waals surface area contributed by atoms with E-state index in [1.807, 2.05) is 0 Å². The average molecular weight is 388 g/mol. The van der Waals surface area contributed by atoms with Crippen LogP contribution in [-0.4, -0.2) is 74.6 Å². The molecule has 27 heavy (non-hydrogen) atoms. The van der Waals surface area contributed by atoms with Crippen LogP contribution in [0.5, 0.6) is 0 Å². The average Bonchev–Trinajstić information content (AvgIpc) is 3.38. The predicted octanol–water partition coefficient (Wildman–Crippen LogP) is 0.505. The van der Waals surface area contributed by atoms with Gasteiger partial charge in [-0.1, -0.05) is 11.8 Å². The molecule has 3 heterocycles. The number of aromatic nitrogens is 4. The lowest BCUT2D eigenvalue weighted by molar-refractivity contribution is -0.132. The van der Waals surface area contributed by atoms with E-state index in [2.05, 4.69) is 20.4 Å². The first-order valence-corrected chi connectivity index (χ1v) is 9.85. The molecule has 0 atom stereocenters. The molecule has 1 N–H and O–H groups in total. The van der Waals surface area contributed by atoms with Crippen molar-refractivity contribution >= 4 is 23.6 Å². The monoisotopic (exact) mass is 388 g/mol. The van der Waals surface area contributed by atoms with Gasteiger partial charge in [0.1, 0.15) is 11.4 Å². The molecule has 0 aromatic carbocycles. The van der Waals surface area contributed by atoms with Gasteiger partial charge in [-0.3, -0.25) is 9.59 Å². The van der Waals surface area contributed by atoms with Crippen molar-refractivity contribution in [2.45, 2.75) is 23.9 Å². The van der Waals surface area contributed by atoms with Crippen LogP contribution in [0.3, 0.4) is 0 Å². The third-order valence-electron chi connectivity index (χ3n) is 4.30. The van der Waals surface area contributed by atoms with Crippen LogP contribution in [0.2, 0.25) is 0 Å². The third kappa shape index (κ3) is 4.64. The second kappa shape index (κ2) is 8.05. The molecule has 1 aliphatic heterocycles. The molecular weight excluding hydrogens is 368 g/mol. The zero-order chi connectivity index (χ0) is 18.6. The number of thioether (sulfide) groups is 1. The number of amides is 2. The highest BCUT2D eigenvalue weighted by atomic mass is 32.2. The highest BCUT2D eigenvalue weighted by molar-refractivity contribution is 7.99. The number of ether oxygens (including phenoxy) is 1. The van der Waals surface area contributed by atoms with Crippen LogP contribution in [0.1, 0.15) is 23.3 Å². The SMILES string of the molecule is O=C(NC1CC1)c1ccn(-c2cc(SCC(=O)N3CCOCC3)ncn2)n1. The van der Waals surface area contributed by atoms with Crippen LogP contribution in [-0.2, 0) is 9.53 Å². The molecular formula is C17H20N6O3S. The second-order valence-electron chi connectivity index (χ2n) is 6.39. The van der Waals surface area contributed by atoms with Gasteiger partial charge in [-0.05, 0) is 18.9 Å². The number of nitrogens with zero attached hydrogens (tertiary/aromatic N) is 5. The summed E-state index contributed by atoms with van der Waals surface area (Å²) in [5.41, 5.74) is 0.359. The quantitative estimate of drug-likeness (QED) is 0.568. The lowest BCUT2D eigenvalue weighted by Crippen LogP contribution is -2.41. The van der Waals surface area contributed by atoms with Gasteiger partial charge in [-0.25, -0.2) is 14.6 Å². The number of hydrogen-bond donors (Lipinski definition) is 1. The molecule has 1 saturated heterocycles. The summed E-state index contributed by atoms with van der Waals surface area (Å²) in [5, 5.41) is 7.88. The number of carbonyl (C=O) groups is 2. The van der Waals surface area contributed by atoms with Gasteiger partial charge >= 0.3 is 0 Å². The highest BCUT2D eigenvalue weighted by Gasteiger charge is 2.24. The summed E-state index contributed by atoms with van der Waals surface area (Å²) in [7, 11) is 0. The summed E-state index contributed by atoms with van der Waals surface area (Å²) >= 11 is 1.36. The predicted molar refractivity (Wildman–Crippen MR) is 97.8 cm³/mol. The topological polar surface area (TPSA) is 102 Å². The Bertz CT molecular complexity index is 832. The molecule has 2 aromatic rings. The molecule has 2 fully saturated rings. The van der Waals surface area contributed by atoms with Crippen molar-refractivity contribution in [1.29, 1.82) is 0 Å². The summed E-state index contributed by atoms with van der Waals surface area (Å²) in [5.74, 6) is 0.763. The molecule has 1 aliphatic carbocycles. The Morgan fingerprint density at radius 2 is 2.07 bits per heavy atom. The van der Waals surface area contributed by atoms with E-state index < -0.39 is 0 Å². The van der Waals surface area contributed by atoms with Gasteiger partial charge in [-0.15, -0.1) is 0 Å². The first-order valence-electron chi connectivity index (χ1n) is 8.86. The van der Waals surface area contributed by atoms with Crippen LogP contribution in [0.25, 0.3) is 5.82 Å². The smallest absolute Gasteiger partial charge is 0.272 e. The summed E-state index contributed by atoms with van der Waals surface area (Å²) in [6.45, 7) is 2.44.